The van der Waals surface area contributed by atoms with Crippen LogP contribution < -0.4 is 0 Å². The second kappa shape index (κ2) is 3.87. The van der Waals surface area contributed by atoms with E-state index in [4.69, 9.17) is 0 Å². The summed E-state index contributed by atoms with van der Waals surface area (Å²) in [5, 5.41) is 0. The predicted molar refractivity (Wildman–Crippen MR) is 64.4 cm³/mol. The van der Waals surface area contributed by atoms with Gasteiger partial charge in [0.2, 0.25) is 0 Å². The van der Waals surface area contributed by atoms with Crippen LogP contribution in [0.2, 0.25) is 0 Å². The molecule has 0 heterocycles. The molecule has 0 bridgehead atoms. The molecular formula is C14H28. The lowest BCUT2D eigenvalue weighted by molar-refractivity contribution is -0.0409. The molecule has 1 aliphatic carbocycles. The van der Waals surface area contributed by atoms with E-state index < -0.39 is 0 Å². The molecule has 14 heavy (non-hydrogen) atoms. The van der Waals surface area contributed by atoms with E-state index in [9.17, 15) is 0 Å². The molecule has 0 aromatic rings. The Balaban J connectivity index is 2.40. The van der Waals surface area contributed by atoms with E-state index in [2.05, 4.69) is 41.5 Å². The molecule has 0 aromatic carbocycles. The fraction of sp³-hybridized carbons (Fsp3) is 1.00. The molecule has 1 fully saturated rings. The summed E-state index contributed by atoms with van der Waals surface area (Å²) in [5.74, 6) is 1.73. The van der Waals surface area contributed by atoms with Crippen LogP contribution in [0, 0.1) is 22.7 Å². The maximum absolute atomic E-state index is 2.48. The van der Waals surface area contributed by atoms with Gasteiger partial charge in [0.15, 0.2) is 0 Å². The van der Waals surface area contributed by atoms with Crippen LogP contribution in [0.25, 0.3) is 0 Å². The van der Waals surface area contributed by atoms with Crippen LogP contribution in [0.3, 0.4) is 0 Å². The second-order valence-corrected chi connectivity index (χ2v) is 7.17. The summed E-state index contributed by atoms with van der Waals surface area (Å²) in [6.45, 7) is 14.4. The van der Waals surface area contributed by atoms with Gasteiger partial charge in [0.05, 0.1) is 0 Å². The Labute approximate surface area is 90.5 Å². The molecule has 0 unspecified atom stereocenters. The van der Waals surface area contributed by atoms with Gasteiger partial charge in [0.1, 0.15) is 0 Å². The van der Waals surface area contributed by atoms with E-state index in [1.54, 1.807) is 0 Å². The van der Waals surface area contributed by atoms with Crippen molar-refractivity contribution in [2.45, 2.75) is 67.2 Å². The first-order chi connectivity index (χ1) is 6.25. The molecule has 0 N–H and O–H groups in total. The van der Waals surface area contributed by atoms with Gasteiger partial charge >= 0.3 is 0 Å². The molecule has 0 aliphatic heterocycles. The first-order valence-corrected chi connectivity index (χ1v) is 6.25. The quantitative estimate of drug-likeness (QED) is 0.601. The third-order valence-corrected chi connectivity index (χ3v) is 3.51. The van der Waals surface area contributed by atoms with Gasteiger partial charge in [0, 0.05) is 0 Å². The summed E-state index contributed by atoms with van der Waals surface area (Å²) in [6, 6.07) is 0. The van der Waals surface area contributed by atoms with Crippen molar-refractivity contribution >= 4 is 0 Å². The lowest BCUT2D eigenvalue weighted by Crippen LogP contribution is -2.44. The highest BCUT2D eigenvalue weighted by Gasteiger charge is 2.48. The minimum Gasteiger partial charge on any atom is -0.0628 e. The average molecular weight is 196 g/mol. The molecule has 0 spiro atoms. The second-order valence-electron chi connectivity index (χ2n) is 7.17. The van der Waals surface area contributed by atoms with Crippen LogP contribution in [-0.2, 0) is 0 Å². The fourth-order valence-corrected chi connectivity index (χ4v) is 4.27. The van der Waals surface area contributed by atoms with E-state index in [-0.39, 0.29) is 0 Å². The number of hydrogen-bond acceptors (Lipinski definition) is 0. The van der Waals surface area contributed by atoms with Crippen molar-refractivity contribution in [1.82, 2.24) is 0 Å². The SMILES string of the molecule is CC(C)CC1(C)CC(C)(CC(C)C)C1. The molecular weight excluding hydrogens is 168 g/mol. The highest BCUT2D eigenvalue weighted by atomic mass is 14.5. The van der Waals surface area contributed by atoms with Gasteiger partial charge in [-0.05, 0) is 48.3 Å². The van der Waals surface area contributed by atoms with E-state index >= 15 is 0 Å². The van der Waals surface area contributed by atoms with Crippen LogP contribution in [0.5, 0.6) is 0 Å². The molecule has 1 rings (SSSR count). The topological polar surface area (TPSA) is 0 Å². The standard InChI is InChI=1S/C14H28/c1-11(2)7-13(5)9-14(6,10-13)8-12(3)4/h11-12H,7-10H2,1-6H3. The zero-order chi connectivity index (χ0) is 11.0. The predicted octanol–water partition coefficient (Wildman–Crippen LogP) is 4.89. The Bertz CT molecular complexity index is 162. The largest absolute Gasteiger partial charge is 0.0628 e. The Kier molecular flexibility index (Phi) is 3.33. The van der Waals surface area contributed by atoms with E-state index in [0.29, 0.717) is 10.8 Å². The Morgan fingerprint density at radius 2 is 1.07 bits per heavy atom. The van der Waals surface area contributed by atoms with Crippen molar-refractivity contribution in [1.29, 1.82) is 0 Å². The Morgan fingerprint density at radius 3 is 1.29 bits per heavy atom. The van der Waals surface area contributed by atoms with Crippen LogP contribution in [0.15, 0.2) is 0 Å². The molecule has 0 radical (unpaired) electrons. The van der Waals surface area contributed by atoms with Crippen LogP contribution in [0.4, 0.5) is 0 Å². The highest BCUT2D eigenvalue weighted by molar-refractivity contribution is 4.99. The van der Waals surface area contributed by atoms with Gasteiger partial charge in [-0.1, -0.05) is 41.5 Å². The molecule has 0 heteroatoms. The third kappa shape index (κ3) is 3.00. The molecule has 84 valence electrons. The smallest absolute Gasteiger partial charge is 0.0313 e. The fourth-order valence-electron chi connectivity index (χ4n) is 4.27. The van der Waals surface area contributed by atoms with Crippen molar-refractivity contribution in [3.05, 3.63) is 0 Å². The Morgan fingerprint density at radius 1 is 0.786 bits per heavy atom. The van der Waals surface area contributed by atoms with Crippen LogP contribution in [-0.4, -0.2) is 0 Å². The lowest BCUT2D eigenvalue weighted by Gasteiger charge is -2.55. The van der Waals surface area contributed by atoms with Crippen molar-refractivity contribution < 1.29 is 0 Å². The van der Waals surface area contributed by atoms with Crippen molar-refractivity contribution in [3.63, 3.8) is 0 Å². The average Bonchev–Trinajstić information content (AvgIpc) is 1.76. The third-order valence-electron chi connectivity index (χ3n) is 3.51. The zero-order valence-electron chi connectivity index (χ0n) is 11.0. The minimum atomic E-state index is 0.664. The van der Waals surface area contributed by atoms with E-state index in [1.165, 1.54) is 25.7 Å². The van der Waals surface area contributed by atoms with E-state index in [0.717, 1.165) is 11.8 Å². The van der Waals surface area contributed by atoms with E-state index in [1.807, 2.05) is 0 Å². The summed E-state index contributed by atoms with van der Waals surface area (Å²) in [7, 11) is 0. The van der Waals surface area contributed by atoms with Gasteiger partial charge in [-0.25, -0.2) is 0 Å². The molecule has 1 saturated carbocycles. The molecule has 0 aromatic heterocycles. The van der Waals surface area contributed by atoms with Gasteiger partial charge in [-0.15, -0.1) is 0 Å². The zero-order valence-corrected chi connectivity index (χ0v) is 11.0. The first kappa shape index (κ1) is 12.1. The molecule has 0 amide bonds. The summed E-state index contributed by atoms with van der Waals surface area (Å²) >= 11 is 0. The maximum atomic E-state index is 2.48. The lowest BCUT2D eigenvalue weighted by atomic mass is 9.50. The first-order valence-electron chi connectivity index (χ1n) is 6.25. The van der Waals surface area contributed by atoms with Crippen LogP contribution in [0.1, 0.15) is 67.2 Å². The van der Waals surface area contributed by atoms with Gasteiger partial charge in [0.25, 0.3) is 0 Å². The highest BCUT2D eigenvalue weighted by Crippen LogP contribution is 2.59. The number of hydrogen-bond donors (Lipinski definition) is 0. The minimum absolute atomic E-state index is 0.664. The molecule has 0 atom stereocenters. The normalized spacial score (nSPS) is 37.7. The van der Waals surface area contributed by atoms with Crippen molar-refractivity contribution in [2.24, 2.45) is 22.7 Å². The summed E-state index contributed by atoms with van der Waals surface area (Å²) in [6.07, 6.45) is 5.74. The van der Waals surface area contributed by atoms with Gasteiger partial charge in [-0.2, -0.15) is 0 Å². The summed E-state index contributed by atoms with van der Waals surface area (Å²) < 4.78 is 0. The van der Waals surface area contributed by atoms with Crippen molar-refractivity contribution in [2.75, 3.05) is 0 Å². The summed E-state index contributed by atoms with van der Waals surface area (Å²) in [5.41, 5.74) is 1.33. The molecule has 0 nitrogen and oxygen atoms in total. The van der Waals surface area contributed by atoms with Gasteiger partial charge < -0.3 is 0 Å². The summed E-state index contributed by atoms with van der Waals surface area (Å²) in [4.78, 5) is 0. The monoisotopic (exact) mass is 196 g/mol. The van der Waals surface area contributed by atoms with Crippen LogP contribution >= 0.6 is 0 Å². The molecule has 0 saturated heterocycles. The van der Waals surface area contributed by atoms with Crippen molar-refractivity contribution in [3.8, 4) is 0 Å². The van der Waals surface area contributed by atoms with Gasteiger partial charge in [-0.3, -0.25) is 0 Å². The Hall–Kier alpha value is 0. The molecule has 1 aliphatic rings. The number of rotatable bonds is 4. The maximum Gasteiger partial charge on any atom is -0.0313 e.